The van der Waals surface area contributed by atoms with Gasteiger partial charge < -0.3 is 5.32 Å². The van der Waals surface area contributed by atoms with Gasteiger partial charge in [0.1, 0.15) is 0 Å². The molecule has 0 spiro atoms. The van der Waals surface area contributed by atoms with Crippen LogP contribution in [0, 0.1) is 0 Å². The van der Waals surface area contributed by atoms with E-state index in [1.165, 1.54) is 43.4 Å². The fraction of sp³-hybridized carbons (Fsp3) is 0.750. The summed E-state index contributed by atoms with van der Waals surface area (Å²) in [6.45, 7) is 3.37. The zero-order chi connectivity index (χ0) is 10.7. The van der Waals surface area contributed by atoms with E-state index in [9.17, 15) is 0 Å². The van der Waals surface area contributed by atoms with Crippen LogP contribution in [0.15, 0.2) is 6.20 Å². The molecule has 3 heteroatoms. The summed E-state index contributed by atoms with van der Waals surface area (Å²) in [5.74, 6) is 0. The summed E-state index contributed by atoms with van der Waals surface area (Å²) < 4.78 is 2.03. The average molecular weight is 207 g/mol. The van der Waals surface area contributed by atoms with E-state index < -0.39 is 0 Å². The second-order valence-corrected chi connectivity index (χ2v) is 4.42. The summed E-state index contributed by atoms with van der Waals surface area (Å²) in [7, 11) is 2.05. The number of unbranched alkanes of at least 4 members (excludes halogenated alkanes) is 1. The quantitative estimate of drug-likeness (QED) is 0.767. The lowest BCUT2D eigenvalue weighted by Gasteiger charge is -2.23. The van der Waals surface area contributed by atoms with Crippen molar-refractivity contribution in [3.63, 3.8) is 0 Å². The predicted octanol–water partition coefficient (Wildman–Crippen LogP) is 2.19. The summed E-state index contributed by atoms with van der Waals surface area (Å²) >= 11 is 0. The highest BCUT2D eigenvalue weighted by molar-refractivity contribution is 5.24. The van der Waals surface area contributed by atoms with Gasteiger partial charge in [-0.05, 0) is 32.2 Å². The molecule has 0 aliphatic heterocycles. The van der Waals surface area contributed by atoms with Crippen molar-refractivity contribution in [2.75, 3.05) is 6.54 Å². The van der Waals surface area contributed by atoms with Crippen LogP contribution in [-0.2, 0) is 13.5 Å². The molecule has 15 heavy (non-hydrogen) atoms. The van der Waals surface area contributed by atoms with Crippen molar-refractivity contribution < 1.29 is 0 Å². The second kappa shape index (κ2) is 4.79. The zero-order valence-electron chi connectivity index (χ0n) is 9.79. The Morgan fingerprint density at radius 2 is 2.47 bits per heavy atom. The van der Waals surface area contributed by atoms with E-state index in [0.29, 0.717) is 6.04 Å². The molecule has 1 unspecified atom stereocenters. The molecule has 84 valence electrons. The molecule has 1 aromatic heterocycles. The van der Waals surface area contributed by atoms with Gasteiger partial charge in [-0.25, -0.2) is 0 Å². The van der Waals surface area contributed by atoms with Crippen LogP contribution in [0.5, 0.6) is 0 Å². The van der Waals surface area contributed by atoms with Crippen molar-refractivity contribution in [3.05, 3.63) is 17.5 Å². The molecule has 0 bridgehead atoms. The number of rotatable bonds is 4. The number of fused-ring (bicyclic) bond motifs is 1. The lowest BCUT2D eigenvalue weighted by atomic mass is 9.93. The van der Waals surface area contributed by atoms with Crippen molar-refractivity contribution in [1.29, 1.82) is 0 Å². The minimum atomic E-state index is 0.550. The Bertz CT molecular complexity index is 317. The molecule has 1 heterocycles. The fourth-order valence-corrected chi connectivity index (χ4v) is 2.37. The fourth-order valence-electron chi connectivity index (χ4n) is 2.37. The summed E-state index contributed by atoms with van der Waals surface area (Å²) in [6.07, 6.45) is 8.32. The highest BCUT2D eigenvalue weighted by Crippen LogP contribution is 2.28. The molecule has 2 rings (SSSR count). The van der Waals surface area contributed by atoms with Crippen LogP contribution in [0.2, 0.25) is 0 Å². The SMILES string of the molecule is CCCCNC1CCCc2c1cnn2C. The van der Waals surface area contributed by atoms with Crippen molar-refractivity contribution in [3.8, 4) is 0 Å². The maximum atomic E-state index is 4.35. The largest absolute Gasteiger partial charge is 0.310 e. The van der Waals surface area contributed by atoms with Gasteiger partial charge in [-0.3, -0.25) is 4.68 Å². The topological polar surface area (TPSA) is 29.9 Å². The lowest BCUT2D eigenvalue weighted by molar-refractivity contribution is 0.448. The maximum absolute atomic E-state index is 4.35. The average Bonchev–Trinajstić information content (AvgIpc) is 2.62. The summed E-state index contributed by atoms with van der Waals surface area (Å²) in [6, 6.07) is 0.550. The number of aromatic nitrogens is 2. The van der Waals surface area contributed by atoms with Gasteiger partial charge in [-0.2, -0.15) is 5.10 Å². The molecule has 0 radical (unpaired) electrons. The third-order valence-corrected chi connectivity index (χ3v) is 3.30. The van der Waals surface area contributed by atoms with E-state index in [-0.39, 0.29) is 0 Å². The van der Waals surface area contributed by atoms with Crippen LogP contribution in [-0.4, -0.2) is 16.3 Å². The molecule has 0 aromatic carbocycles. The van der Waals surface area contributed by atoms with Gasteiger partial charge >= 0.3 is 0 Å². The van der Waals surface area contributed by atoms with Gasteiger partial charge in [-0.15, -0.1) is 0 Å². The van der Waals surface area contributed by atoms with E-state index in [2.05, 4.69) is 17.3 Å². The van der Waals surface area contributed by atoms with Gasteiger partial charge in [0.05, 0.1) is 6.20 Å². The van der Waals surface area contributed by atoms with Crippen LogP contribution >= 0.6 is 0 Å². The normalized spacial score (nSPS) is 20.3. The van der Waals surface area contributed by atoms with Gasteiger partial charge in [-0.1, -0.05) is 13.3 Å². The standard InChI is InChI=1S/C12H21N3/c1-3-4-8-13-11-6-5-7-12-10(11)9-14-15(12)2/h9,11,13H,3-8H2,1-2H3. The first-order valence-electron chi connectivity index (χ1n) is 6.07. The Labute approximate surface area is 91.9 Å². The highest BCUT2D eigenvalue weighted by atomic mass is 15.3. The Morgan fingerprint density at radius 1 is 1.60 bits per heavy atom. The number of hydrogen-bond donors (Lipinski definition) is 1. The molecule has 0 amide bonds. The Morgan fingerprint density at radius 3 is 3.27 bits per heavy atom. The van der Waals surface area contributed by atoms with Crippen LogP contribution in [0.1, 0.15) is 49.9 Å². The minimum absolute atomic E-state index is 0.550. The summed E-state index contributed by atoms with van der Waals surface area (Å²) in [5, 5.41) is 7.99. The molecule has 0 saturated carbocycles. The molecule has 3 nitrogen and oxygen atoms in total. The Kier molecular flexibility index (Phi) is 3.41. The Hall–Kier alpha value is -0.830. The lowest BCUT2D eigenvalue weighted by Crippen LogP contribution is -2.26. The third kappa shape index (κ3) is 2.23. The zero-order valence-corrected chi connectivity index (χ0v) is 9.79. The number of nitrogens with one attached hydrogen (secondary N) is 1. The monoisotopic (exact) mass is 207 g/mol. The number of nitrogens with zero attached hydrogens (tertiary/aromatic N) is 2. The van der Waals surface area contributed by atoms with E-state index in [1.54, 1.807) is 0 Å². The van der Waals surface area contributed by atoms with Gasteiger partial charge in [0.15, 0.2) is 0 Å². The smallest absolute Gasteiger partial charge is 0.0540 e. The van der Waals surface area contributed by atoms with Gasteiger partial charge in [0, 0.05) is 24.3 Å². The molecule has 0 saturated heterocycles. The molecule has 1 aliphatic carbocycles. The number of hydrogen-bond acceptors (Lipinski definition) is 2. The van der Waals surface area contributed by atoms with Crippen molar-refractivity contribution in [1.82, 2.24) is 15.1 Å². The molecular weight excluding hydrogens is 186 g/mol. The molecule has 1 aromatic rings. The van der Waals surface area contributed by atoms with Gasteiger partial charge in [0.2, 0.25) is 0 Å². The highest BCUT2D eigenvalue weighted by Gasteiger charge is 2.22. The second-order valence-electron chi connectivity index (χ2n) is 4.42. The summed E-state index contributed by atoms with van der Waals surface area (Å²) in [5.41, 5.74) is 2.86. The maximum Gasteiger partial charge on any atom is 0.0540 e. The van der Waals surface area contributed by atoms with E-state index in [4.69, 9.17) is 0 Å². The summed E-state index contributed by atoms with van der Waals surface area (Å²) in [4.78, 5) is 0. The first-order chi connectivity index (χ1) is 7.33. The number of aryl methyl sites for hydroxylation is 1. The van der Waals surface area contributed by atoms with Crippen LogP contribution in [0.25, 0.3) is 0 Å². The van der Waals surface area contributed by atoms with Crippen LogP contribution in [0.3, 0.4) is 0 Å². The minimum Gasteiger partial charge on any atom is -0.310 e. The van der Waals surface area contributed by atoms with Crippen LogP contribution < -0.4 is 5.32 Å². The van der Waals surface area contributed by atoms with Crippen molar-refractivity contribution in [2.24, 2.45) is 7.05 Å². The van der Waals surface area contributed by atoms with Crippen LogP contribution in [0.4, 0.5) is 0 Å². The van der Waals surface area contributed by atoms with E-state index in [0.717, 1.165) is 6.54 Å². The molecule has 1 N–H and O–H groups in total. The van der Waals surface area contributed by atoms with Crippen molar-refractivity contribution >= 4 is 0 Å². The third-order valence-electron chi connectivity index (χ3n) is 3.30. The predicted molar refractivity (Wildman–Crippen MR) is 61.8 cm³/mol. The first-order valence-corrected chi connectivity index (χ1v) is 6.07. The molecule has 1 atom stereocenters. The van der Waals surface area contributed by atoms with E-state index >= 15 is 0 Å². The molecular formula is C12H21N3. The van der Waals surface area contributed by atoms with Gasteiger partial charge in [0.25, 0.3) is 0 Å². The van der Waals surface area contributed by atoms with Crippen molar-refractivity contribution in [2.45, 2.75) is 45.1 Å². The van der Waals surface area contributed by atoms with E-state index in [1.807, 2.05) is 17.9 Å². The Balaban J connectivity index is 2.02. The molecule has 0 fully saturated rings. The molecule has 1 aliphatic rings. The first kappa shape index (κ1) is 10.7.